The predicted octanol–water partition coefficient (Wildman–Crippen LogP) is 5.73. The average molecular weight is 315 g/mol. The van der Waals surface area contributed by atoms with Gasteiger partial charge in [-0.15, -0.1) is 0 Å². The van der Waals surface area contributed by atoms with Crippen molar-refractivity contribution in [2.45, 2.75) is 19.8 Å². The summed E-state index contributed by atoms with van der Waals surface area (Å²) in [5.41, 5.74) is 4.73. The number of hydrogen-bond donors (Lipinski definition) is 1. The van der Waals surface area contributed by atoms with Crippen LogP contribution in [0.1, 0.15) is 35.7 Å². The Hall–Kier alpha value is -2.87. The minimum atomic E-state index is -0.0910. The van der Waals surface area contributed by atoms with Gasteiger partial charge in [-0.2, -0.15) is 0 Å². The highest BCUT2D eigenvalue weighted by Crippen LogP contribution is 2.24. The number of anilines is 1. The van der Waals surface area contributed by atoms with Gasteiger partial charge in [-0.25, -0.2) is 0 Å². The lowest BCUT2D eigenvalue weighted by atomic mass is 9.99. The molecule has 24 heavy (non-hydrogen) atoms. The number of rotatable bonds is 4. The minimum Gasteiger partial charge on any atom is -0.322 e. The summed E-state index contributed by atoms with van der Waals surface area (Å²) in [6.07, 6.45) is 0. The molecule has 0 aromatic heterocycles. The van der Waals surface area contributed by atoms with E-state index in [9.17, 15) is 4.79 Å². The molecular weight excluding hydrogens is 294 g/mol. The molecular formula is C22H21NO. The highest BCUT2D eigenvalue weighted by Gasteiger charge is 2.12. The molecule has 0 atom stereocenters. The molecule has 0 spiro atoms. The van der Waals surface area contributed by atoms with Crippen molar-refractivity contribution in [2.24, 2.45) is 0 Å². The Morgan fingerprint density at radius 1 is 0.792 bits per heavy atom. The maximum atomic E-state index is 12.7. The number of nitrogens with one attached hydrogen (secondary N) is 1. The fourth-order valence-corrected chi connectivity index (χ4v) is 2.70. The molecule has 3 rings (SSSR count). The molecule has 3 aromatic carbocycles. The molecule has 0 aliphatic rings. The largest absolute Gasteiger partial charge is 0.322 e. The van der Waals surface area contributed by atoms with E-state index in [1.165, 1.54) is 5.56 Å². The third-order valence-electron chi connectivity index (χ3n) is 4.09. The van der Waals surface area contributed by atoms with Crippen molar-refractivity contribution >= 4 is 11.6 Å². The van der Waals surface area contributed by atoms with Gasteiger partial charge >= 0.3 is 0 Å². The van der Waals surface area contributed by atoms with E-state index < -0.39 is 0 Å². The van der Waals surface area contributed by atoms with Crippen LogP contribution < -0.4 is 5.32 Å². The predicted molar refractivity (Wildman–Crippen MR) is 100 cm³/mol. The van der Waals surface area contributed by atoms with Gasteiger partial charge in [0.1, 0.15) is 0 Å². The summed E-state index contributed by atoms with van der Waals surface area (Å²) in [6, 6.07) is 25.7. The van der Waals surface area contributed by atoms with Crippen molar-refractivity contribution in [3.05, 3.63) is 90.0 Å². The van der Waals surface area contributed by atoms with Gasteiger partial charge in [-0.1, -0.05) is 74.5 Å². The summed E-state index contributed by atoms with van der Waals surface area (Å²) in [6.45, 7) is 4.31. The maximum Gasteiger partial charge on any atom is 0.256 e. The number of amides is 1. The molecule has 0 bridgehead atoms. The zero-order valence-corrected chi connectivity index (χ0v) is 14.0. The normalized spacial score (nSPS) is 10.6. The third-order valence-corrected chi connectivity index (χ3v) is 4.09. The topological polar surface area (TPSA) is 29.1 Å². The lowest BCUT2D eigenvalue weighted by Gasteiger charge is -2.11. The lowest BCUT2D eigenvalue weighted by Crippen LogP contribution is -2.13. The Morgan fingerprint density at radius 2 is 1.42 bits per heavy atom. The number of carbonyl (C=O) groups excluding carboxylic acids is 1. The van der Waals surface area contributed by atoms with E-state index in [1.807, 2.05) is 66.7 Å². The van der Waals surface area contributed by atoms with Crippen LogP contribution in [0.15, 0.2) is 78.9 Å². The molecule has 0 unspecified atom stereocenters. The van der Waals surface area contributed by atoms with Gasteiger partial charge in [0.2, 0.25) is 0 Å². The van der Waals surface area contributed by atoms with Crippen molar-refractivity contribution in [3.8, 4) is 11.1 Å². The molecule has 0 aliphatic carbocycles. The first-order valence-electron chi connectivity index (χ1n) is 8.21. The Labute approximate surface area is 143 Å². The SMILES string of the molecule is CC(C)c1ccc(NC(=O)c2ccccc2-c2ccccc2)cc1. The van der Waals surface area contributed by atoms with E-state index in [2.05, 4.69) is 31.3 Å². The van der Waals surface area contributed by atoms with Crippen LogP contribution in [0.25, 0.3) is 11.1 Å². The Balaban J connectivity index is 1.86. The van der Waals surface area contributed by atoms with Gasteiger partial charge in [0, 0.05) is 11.3 Å². The summed E-state index contributed by atoms with van der Waals surface area (Å²) < 4.78 is 0. The van der Waals surface area contributed by atoms with E-state index in [-0.39, 0.29) is 5.91 Å². The molecule has 1 amide bonds. The van der Waals surface area contributed by atoms with Crippen molar-refractivity contribution in [3.63, 3.8) is 0 Å². The van der Waals surface area contributed by atoms with E-state index in [1.54, 1.807) is 0 Å². The second-order valence-corrected chi connectivity index (χ2v) is 6.14. The Morgan fingerprint density at radius 3 is 2.08 bits per heavy atom. The maximum absolute atomic E-state index is 12.7. The summed E-state index contributed by atoms with van der Waals surface area (Å²) in [5.74, 6) is 0.389. The summed E-state index contributed by atoms with van der Waals surface area (Å²) in [4.78, 5) is 12.7. The molecule has 1 N–H and O–H groups in total. The van der Waals surface area contributed by atoms with Gasteiger partial charge in [0.25, 0.3) is 5.91 Å². The summed E-state index contributed by atoms with van der Waals surface area (Å²) in [7, 11) is 0. The van der Waals surface area contributed by atoms with Crippen LogP contribution >= 0.6 is 0 Å². The van der Waals surface area contributed by atoms with Gasteiger partial charge in [-0.05, 0) is 40.8 Å². The second kappa shape index (κ2) is 7.14. The van der Waals surface area contributed by atoms with Crippen LogP contribution in [0, 0.1) is 0 Å². The van der Waals surface area contributed by atoms with E-state index in [0.29, 0.717) is 11.5 Å². The molecule has 0 saturated carbocycles. The Bertz CT molecular complexity index is 820. The van der Waals surface area contributed by atoms with Gasteiger partial charge < -0.3 is 5.32 Å². The molecule has 2 heteroatoms. The van der Waals surface area contributed by atoms with Crippen LogP contribution in [-0.4, -0.2) is 5.91 Å². The van der Waals surface area contributed by atoms with Crippen molar-refractivity contribution in [2.75, 3.05) is 5.32 Å². The number of carbonyl (C=O) groups is 1. The molecule has 0 heterocycles. The van der Waals surface area contributed by atoms with Crippen molar-refractivity contribution < 1.29 is 4.79 Å². The Kier molecular flexibility index (Phi) is 4.76. The van der Waals surface area contributed by atoms with E-state index in [0.717, 1.165) is 16.8 Å². The van der Waals surface area contributed by atoms with Crippen LogP contribution in [0.4, 0.5) is 5.69 Å². The first kappa shape index (κ1) is 16.0. The average Bonchev–Trinajstić information content (AvgIpc) is 2.63. The molecule has 3 aromatic rings. The number of hydrogen-bond acceptors (Lipinski definition) is 1. The zero-order chi connectivity index (χ0) is 16.9. The summed E-state index contributed by atoms with van der Waals surface area (Å²) in [5, 5.41) is 3.00. The van der Waals surface area contributed by atoms with Crippen LogP contribution in [0.5, 0.6) is 0 Å². The molecule has 0 radical (unpaired) electrons. The van der Waals surface area contributed by atoms with Crippen molar-refractivity contribution in [1.29, 1.82) is 0 Å². The molecule has 0 fully saturated rings. The molecule has 0 saturated heterocycles. The first-order chi connectivity index (χ1) is 11.6. The van der Waals surface area contributed by atoms with Gasteiger partial charge in [0.05, 0.1) is 0 Å². The monoisotopic (exact) mass is 315 g/mol. The lowest BCUT2D eigenvalue weighted by molar-refractivity contribution is 0.102. The van der Waals surface area contributed by atoms with Crippen LogP contribution in [0.3, 0.4) is 0 Å². The number of benzene rings is 3. The smallest absolute Gasteiger partial charge is 0.256 e. The van der Waals surface area contributed by atoms with Crippen LogP contribution in [0.2, 0.25) is 0 Å². The van der Waals surface area contributed by atoms with Gasteiger partial charge in [0.15, 0.2) is 0 Å². The molecule has 120 valence electrons. The standard InChI is InChI=1S/C22H21NO/c1-16(2)17-12-14-19(15-13-17)23-22(24)21-11-7-6-10-20(21)18-8-4-3-5-9-18/h3-16H,1-2H3,(H,23,24). The fourth-order valence-electron chi connectivity index (χ4n) is 2.70. The van der Waals surface area contributed by atoms with Crippen molar-refractivity contribution in [1.82, 2.24) is 0 Å². The third kappa shape index (κ3) is 3.54. The zero-order valence-electron chi connectivity index (χ0n) is 14.0. The summed E-state index contributed by atoms with van der Waals surface area (Å²) >= 11 is 0. The quantitative estimate of drug-likeness (QED) is 0.654. The highest BCUT2D eigenvalue weighted by atomic mass is 16.1. The van der Waals surface area contributed by atoms with Crippen LogP contribution in [-0.2, 0) is 0 Å². The van der Waals surface area contributed by atoms with Gasteiger partial charge in [-0.3, -0.25) is 4.79 Å². The van der Waals surface area contributed by atoms with E-state index in [4.69, 9.17) is 0 Å². The molecule has 0 aliphatic heterocycles. The second-order valence-electron chi connectivity index (χ2n) is 6.14. The first-order valence-corrected chi connectivity index (χ1v) is 8.21. The minimum absolute atomic E-state index is 0.0910. The highest BCUT2D eigenvalue weighted by molar-refractivity contribution is 6.08. The molecule has 2 nitrogen and oxygen atoms in total. The fraction of sp³-hybridized carbons (Fsp3) is 0.136. The van der Waals surface area contributed by atoms with E-state index >= 15 is 0 Å².